The fourth-order valence-corrected chi connectivity index (χ4v) is 1.83. The van der Waals surface area contributed by atoms with Crippen LogP contribution in [0.3, 0.4) is 0 Å². The molecule has 1 unspecified atom stereocenters. The number of likely N-dealkylation sites (N-methyl/N-ethyl adjacent to an activating group) is 1. The molecule has 0 heterocycles. The van der Waals surface area contributed by atoms with Crippen LogP contribution in [0.2, 0.25) is 0 Å². The molecule has 1 atom stereocenters. The summed E-state index contributed by atoms with van der Waals surface area (Å²) in [6.07, 6.45) is 0.190. The highest BCUT2D eigenvalue weighted by Gasteiger charge is 2.17. The molecule has 0 saturated carbocycles. The Morgan fingerprint density at radius 2 is 1.81 bits per heavy atom. The Hall–Kier alpha value is -1.59. The first-order valence-electron chi connectivity index (χ1n) is 6.74. The zero-order valence-electron chi connectivity index (χ0n) is 12.7. The van der Waals surface area contributed by atoms with Crippen molar-refractivity contribution in [3.8, 4) is 0 Å². The number of nitrogens with two attached hydrogens (primary N) is 1. The summed E-state index contributed by atoms with van der Waals surface area (Å²) in [7, 11) is 1.61. The van der Waals surface area contributed by atoms with Crippen LogP contribution in [-0.2, 0) is 9.59 Å². The molecule has 0 aliphatic heterocycles. The molecule has 5 nitrogen and oxygen atoms in total. The molecule has 0 aliphatic carbocycles. The summed E-state index contributed by atoms with van der Waals surface area (Å²) in [5, 5.41) is 2.75. The fourth-order valence-electron chi connectivity index (χ4n) is 1.83. The highest BCUT2D eigenvalue weighted by atomic mass is 35.5. The highest BCUT2D eigenvalue weighted by molar-refractivity contribution is 5.85. The SMILES string of the molecule is CC(C)NC(=O)CN(C)C(=O)CC(N)c1ccccc1.Cl. The average molecular weight is 314 g/mol. The molecular formula is C15H24ClN3O2. The summed E-state index contributed by atoms with van der Waals surface area (Å²) in [5.74, 6) is -0.301. The molecule has 21 heavy (non-hydrogen) atoms. The Kier molecular flexibility index (Phi) is 8.66. The van der Waals surface area contributed by atoms with Gasteiger partial charge in [0.2, 0.25) is 11.8 Å². The number of carbonyl (C=O) groups is 2. The molecule has 0 fully saturated rings. The minimum atomic E-state index is -0.348. The van der Waals surface area contributed by atoms with Gasteiger partial charge in [0, 0.05) is 25.6 Å². The fraction of sp³-hybridized carbons (Fsp3) is 0.467. The molecule has 6 heteroatoms. The van der Waals surface area contributed by atoms with Crippen molar-refractivity contribution in [2.75, 3.05) is 13.6 Å². The van der Waals surface area contributed by atoms with E-state index < -0.39 is 0 Å². The number of nitrogens with one attached hydrogen (secondary N) is 1. The van der Waals surface area contributed by atoms with E-state index in [1.807, 2.05) is 44.2 Å². The van der Waals surface area contributed by atoms with Gasteiger partial charge in [-0.15, -0.1) is 12.4 Å². The maximum absolute atomic E-state index is 12.0. The predicted octanol–water partition coefficient (Wildman–Crippen LogP) is 1.48. The first kappa shape index (κ1) is 19.4. The van der Waals surface area contributed by atoms with Gasteiger partial charge < -0.3 is 16.0 Å². The second-order valence-corrected chi connectivity index (χ2v) is 5.19. The number of halogens is 1. The van der Waals surface area contributed by atoms with E-state index in [4.69, 9.17) is 5.73 Å². The lowest BCUT2D eigenvalue weighted by atomic mass is 10.0. The van der Waals surface area contributed by atoms with Crippen LogP contribution in [0.1, 0.15) is 31.9 Å². The van der Waals surface area contributed by atoms with E-state index >= 15 is 0 Å². The minimum absolute atomic E-state index is 0. The van der Waals surface area contributed by atoms with Gasteiger partial charge in [0.1, 0.15) is 0 Å². The van der Waals surface area contributed by atoms with E-state index in [1.165, 1.54) is 4.90 Å². The summed E-state index contributed by atoms with van der Waals surface area (Å²) < 4.78 is 0. The van der Waals surface area contributed by atoms with E-state index in [2.05, 4.69) is 5.32 Å². The summed E-state index contributed by atoms with van der Waals surface area (Å²) >= 11 is 0. The van der Waals surface area contributed by atoms with Gasteiger partial charge in [0.05, 0.1) is 6.54 Å². The molecule has 1 aromatic carbocycles. The summed E-state index contributed by atoms with van der Waals surface area (Å²) in [6.45, 7) is 3.81. The smallest absolute Gasteiger partial charge is 0.239 e. The Morgan fingerprint density at radius 1 is 1.24 bits per heavy atom. The number of benzene rings is 1. The van der Waals surface area contributed by atoms with Crippen molar-refractivity contribution in [2.45, 2.75) is 32.4 Å². The standard InChI is InChI=1S/C15H23N3O2.ClH/c1-11(2)17-14(19)10-18(3)15(20)9-13(16)12-7-5-4-6-8-12;/h4-8,11,13H,9-10,16H2,1-3H3,(H,17,19);1H. The van der Waals surface area contributed by atoms with E-state index in [-0.39, 0.29) is 49.3 Å². The van der Waals surface area contributed by atoms with Gasteiger partial charge in [-0.25, -0.2) is 0 Å². The first-order chi connectivity index (χ1) is 9.40. The van der Waals surface area contributed by atoms with E-state index in [0.717, 1.165) is 5.56 Å². The summed E-state index contributed by atoms with van der Waals surface area (Å²) in [6, 6.07) is 9.18. The maximum Gasteiger partial charge on any atom is 0.239 e. The Labute approximate surface area is 132 Å². The van der Waals surface area contributed by atoms with Gasteiger partial charge in [-0.3, -0.25) is 9.59 Å². The van der Waals surface area contributed by atoms with Crippen LogP contribution in [0.4, 0.5) is 0 Å². The lowest BCUT2D eigenvalue weighted by Crippen LogP contribution is -2.41. The van der Waals surface area contributed by atoms with Crippen molar-refractivity contribution < 1.29 is 9.59 Å². The molecule has 3 N–H and O–H groups in total. The van der Waals surface area contributed by atoms with Gasteiger partial charge >= 0.3 is 0 Å². The Morgan fingerprint density at radius 3 is 2.33 bits per heavy atom. The third-order valence-electron chi connectivity index (χ3n) is 2.88. The van der Waals surface area contributed by atoms with Crippen molar-refractivity contribution in [1.29, 1.82) is 0 Å². The van der Waals surface area contributed by atoms with Crippen LogP contribution in [-0.4, -0.2) is 36.3 Å². The molecule has 118 valence electrons. The van der Waals surface area contributed by atoms with Gasteiger partial charge in [-0.1, -0.05) is 30.3 Å². The number of hydrogen-bond acceptors (Lipinski definition) is 3. The Balaban J connectivity index is 0.00000400. The number of amides is 2. The van der Waals surface area contributed by atoms with Crippen LogP contribution < -0.4 is 11.1 Å². The molecule has 1 rings (SSSR count). The molecule has 0 radical (unpaired) electrons. The van der Waals surface area contributed by atoms with Crippen LogP contribution in [0, 0.1) is 0 Å². The maximum atomic E-state index is 12.0. The van der Waals surface area contributed by atoms with Crippen molar-refractivity contribution in [1.82, 2.24) is 10.2 Å². The van der Waals surface area contributed by atoms with Crippen LogP contribution in [0.25, 0.3) is 0 Å². The van der Waals surface area contributed by atoms with Crippen molar-refractivity contribution >= 4 is 24.2 Å². The quantitative estimate of drug-likeness (QED) is 0.835. The third-order valence-corrected chi connectivity index (χ3v) is 2.88. The topological polar surface area (TPSA) is 75.4 Å². The Bertz CT molecular complexity index is 451. The molecule has 1 aromatic rings. The van der Waals surface area contributed by atoms with Crippen molar-refractivity contribution in [3.63, 3.8) is 0 Å². The number of carbonyl (C=O) groups excluding carboxylic acids is 2. The second kappa shape index (κ2) is 9.37. The van der Waals surface area contributed by atoms with E-state index in [0.29, 0.717) is 0 Å². The lowest BCUT2D eigenvalue weighted by molar-refractivity contribution is -0.135. The van der Waals surface area contributed by atoms with Gasteiger partial charge in [0.15, 0.2) is 0 Å². The summed E-state index contributed by atoms with van der Waals surface area (Å²) in [4.78, 5) is 25.0. The number of hydrogen-bond donors (Lipinski definition) is 2. The van der Waals surface area contributed by atoms with E-state index in [9.17, 15) is 9.59 Å². The van der Waals surface area contributed by atoms with Gasteiger partial charge in [-0.05, 0) is 19.4 Å². The van der Waals surface area contributed by atoms with Gasteiger partial charge in [0.25, 0.3) is 0 Å². The number of rotatable bonds is 6. The molecule has 0 aliphatic rings. The third kappa shape index (κ3) is 7.11. The predicted molar refractivity (Wildman–Crippen MR) is 86.2 cm³/mol. The lowest BCUT2D eigenvalue weighted by Gasteiger charge is -2.20. The largest absolute Gasteiger partial charge is 0.352 e. The van der Waals surface area contributed by atoms with Crippen LogP contribution in [0.5, 0.6) is 0 Å². The monoisotopic (exact) mass is 313 g/mol. The second-order valence-electron chi connectivity index (χ2n) is 5.19. The normalized spacial score (nSPS) is 11.5. The van der Waals surface area contributed by atoms with E-state index in [1.54, 1.807) is 7.05 Å². The van der Waals surface area contributed by atoms with Gasteiger partial charge in [-0.2, -0.15) is 0 Å². The van der Waals surface area contributed by atoms with Crippen molar-refractivity contribution in [3.05, 3.63) is 35.9 Å². The minimum Gasteiger partial charge on any atom is -0.352 e. The number of nitrogens with zero attached hydrogens (tertiary/aromatic N) is 1. The molecule has 0 saturated heterocycles. The highest BCUT2D eigenvalue weighted by Crippen LogP contribution is 2.14. The summed E-state index contributed by atoms with van der Waals surface area (Å²) in [5.41, 5.74) is 6.91. The van der Waals surface area contributed by atoms with Crippen LogP contribution in [0.15, 0.2) is 30.3 Å². The zero-order valence-corrected chi connectivity index (χ0v) is 13.5. The molecule has 2 amide bonds. The molecule has 0 bridgehead atoms. The molecular weight excluding hydrogens is 290 g/mol. The van der Waals surface area contributed by atoms with Crippen LogP contribution >= 0.6 is 12.4 Å². The molecule has 0 spiro atoms. The van der Waals surface area contributed by atoms with Crippen molar-refractivity contribution in [2.24, 2.45) is 5.73 Å². The first-order valence-corrected chi connectivity index (χ1v) is 6.74. The average Bonchev–Trinajstić information content (AvgIpc) is 2.38. The zero-order chi connectivity index (χ0) is 15.1. The molecule has 0 aromatic heterocycles.